The minimum Gasteiger partial charge on any atom is -0.355 e. The van der Waals surface area contributed by atoms with E-state index in [1.807, 2.05) is 4.90 Å². The highest BCUT2D eigenvalue weighted by Crippen LogP contribution is 2.40. The Morgan fingerprint density at radius 1 is 1.25 bits per heavy atom. The number of halogens is 4. The zero-order valence-corrected chi connectivity index (χ0v) is 20.2. The van der Waals surface area contributed by atoms with Gasteiger partial charge in [-0.1, -0.05) is 23.7 Å². The van der Waals surface area contributed by atoms with Gasteiger partial charge in [-0.25, -0.2) is 9.50 Å². The smallest absolute Gasteiger partial charge is 0.355 e. The Bertz CT molecular complexity index is 1300. The Morgan fingerprint density at radius 2 is 2.00 bits per heavy atom. The number of hydrogen-bond acceptors (Lipinski definition) is 5. The largest absolute Gasteiger partial charge is 0.413 e. The van der Waals surface area contributed by atoms with Crippen LogP contribution in [0, 0.1) is 5.92 Å². The molecule has 0 saturated carbocycles. The molecule has 1 aromatic carbocycles. The van der Waals surface area contributed by atoms with Gasteiger partial charge in [0.1, 0.15) is 0 Å². The molecule has 1 N–H and O–H groups in total. The van der Waals surface area contributed by atoms with Crippen molar-refractivity contribution in [3.8, 4) is 0 Å². The Balaban J connectivity index is 1.42. The van der Waals surface area contributed by atoms with Crippen molar-refractivity contribution in [1.82, 2.24) is 24.8 Å². The molecule has 2 aliphatic heterocycles. The van der Waals surface area contributed by atoms with Crippen molar-refractivity contribution in [2.24, 2.45) is 5.92 Å². The van der Waals surface area contributed by atoms with Crippen LogP contribution in [-0.2, 0) is 16.0 Å². The summed E-state index contributed by atoms with van der Waals surface area (Å²) < 4.78 is 44.1. The number of carbonyl (C=O) groups is 2. The number of benzene rings is 1. The lowest BCUT2D eigenvalue weighted by Crippen LogP contribution is -2.47. The summed E-state index contributed by atoms with van der Waals surface area (Å²) in [4.78, 5) is 31.4. The first-order chi connectivity index (χ1) is 17.1. The molecule has 0 spiro atoms. The van der Waals surface area contributed by atoms with Crippen LogP contribution < -0.4 is 10.2 Å². The summed E-state index contributed by atoms with van der Waals surface area (Å²) in [7, 11) is 1.16. The molecule has 2 atom stereocenters. The monoisotopic (exact) mass is 520 g/mol. The number of nitrogens with zero attached hydrogens (tertiary/aromatic N) is 5. The van der Waals surface area contributed by atoms with Crippen molar-refractivity contribution < 1.29 is 22.8 Å². The summed E-state index contributed by atoms with van der Waals surface area (Å²) in [5, 5.41) is 7.20. The second-order valence-corrected chi connectivity index (χ2v) is 9.49. The van der Waals surface area contributed by atoms with Crippen molar-refractivity contribution in [3.63, 3.8) is 0 Å². The fraction of sp³-hybridized carbons (Fsp3) is 0.417. The molecule has 0 unspecified atom stereocenters. The zero-order valence-electron chi connectivity index (χ0n) is 19.4. The first-order valence-corrected chi connectivity index (χ1v) is 12.0. The van der Waals surface area contributed by atoms with E-state index in [4.69, 9.17) is 11.6 Å². The van der Waals surface area contributed by atoms with Gasteiger partial charge in [0.25, 0.3) is 0 Å². The molecule has 1 fully saturated rings. The highest BCUT2D eigenvalue weighted by molar-refractivity contribution is 6.29. The Labute approximate surface area is 210 Å². The minimum atomic E-state index is -4.67. The summed E-state index contributed by atoms with van der Waals surface area (Å²) in [6.07, 6.45) is -0.994. The Morgan fingerprint density at radius 3 is 2.67 bits per heavy atom. The van der Waals surface area contributed by atoms with Crippen LogP contribution in [-0.4, -0.2) is 57.6 Å². The second kappa shape index (κ2) is 9.27. The summed E-state index contributed by atoms with van der Waals surface area (Å²) >= 11 is 6.04. The van der Waals surface area contributed by atoms with E-state index in [0.29, 0.717) is 23.0 Å². The van der Waals surface area contributed by atoms with Crippen LogP contribution in [0.4, 0.5) is 24.5 Å². The standard InChI is InChI=1S/C24H24ClF3N6O2/c1-32(23(36)15-6-9-21(35)30-12-15)22(24(26,27)28)14-4-7-16(8-5-14)33-10-2-3-17-18(33)13-29-20-11-19(25)31-34(17)20/h4-5,7-8,11,13,15,22H,2-3,6,9-10,12H2,1H3,(H,30,35)/t15-,22-/m0/s1. The molecule has 3 aromatic rings. The summed E-state index contributed by atoms with van der Waals surface area (Å²) in [5.74, 6) is -1.52. The maximum atomic E-state index is 14.1. The van der Waals surface area contributed by atoms with Crippen LogP contribution in [0.3, 0.4) is 0 Å². The first-order valence-electron chi connectivity index (χ1n) is 11.6. The van der Waals surface area contributed by atoms with E-state index in [1.165, 1.54) is 12.1 Å². The minimum absolute atomic E-state index is 0.0355. The summed E-state index contributed by atoms with van der Waals surface area (Å²) in [6, 6.07) is 5.64. The van der Waals surface area contributed by atoms with Gasteiger partial charge in [0, 0.05) is 38.3 Å². The molecule has 0 bridgehead atoms. The number of piperidine rings is 1. The molecule has 1 saturated heterocycles. The van der Waals surface area contributed by atoms with Gasteiger partial charge >= 0.3 is 6.18 Å². The van der Waals surface area contributed by atoms with E-state index in [9.17, 15) is 22.8 Å². The second-order valence-electron chi connectivity index (χ2n) is 9.11. The van der Waals surface area contributed by atoms with Crippen molar-refractivity contribution >= 4 is 40.4 Å². The van der Waals surface area contributed by atoms with Crippen LogP contribution >= 0.6 is 11.6 Å². The number of anilines is 2. The van der Waals surface area contributed by atoms with Gasteiger partial charge < -0.3 is 15.1 Å². The molecule has 5 rings (SSSR count). The molecule has 0 aliphatic carbocycles. The van der Waals surface area contributed by atoms with Gasteiger partial charge in [0.15, 0.2) is 16.8 Å². The van der Waals surface area contributed by atoms with Crippen LogP contribution in [0.2, 0.25) is 5.15 Å². The fourth-order valence-corrected chi connectivity index (χ4v) is 5.20. The van der Waals surface area contributed by atoms with Crippen LogP contribution in [0.5, 0.6) is 0 Å². The van der Waals surface area contributed by atoms with Crippen LogP contribution in [0.25, 0.3) is 5.65 Å². The lowest BCUT2D eigenvalue weighted by Gasteiger charge is -2.34. The molecule has 8 nitrogen and oxygen atoms in total. The fourth-order valence-electron chi connectivity index (χ4n) is 5.02. The number of nitrogens with one attached hydrogen (secondary N) is 1. The summed E-state index contributed by atoms with van der Waals surface area (Å²) in [6.45, 7) is 0.714. The number of aromatic nitrogens is 3. The lowest BCUT2D eigenvalue weighted by atomic mass is 9.95. The number of amides is 2. The number of rotatable bonds is 4. The van der Waals surface area contributed by atoms with Gasteiger partial charge in [-0.2, -0.15) is 18.3 Å². The maximum Gasteiger partial charge on any atom is 0.413 e. The third-order valence-corrected chi connectivity index (χ3v) is 6.98. The quantitative estimate of drug-likeness (QED) is 0.561. The van der Waals surface area contributed by atoms with Gasteiger partial charge in [-0.15, -0.1) is 0 Å². The predicted molar refractivity (Wildman–Crippen MR) is 127 cm³/mol. The van der Waals surface area contributed by atoms with Gasteiger partial charge in [0.2, 0.25) is 11.8 Å². The van der Waals surface area contributed by atoms with Gasteiger partial charge in [-0.3, -0.25) is 9.59 Å². The van der Waals surface area contributed by atoms with E-state index >= 15 is 0 Å². The third-order valence-electron chi connectivity index (χ3n) is 6.80. The number of fused-ring (bicyclic) bond motifs is 3. The van der Waals surface area contributed by atoms with Crippen LogP contribution in [0.1, 0.15) is 36.6 Å². The highest BCUT2D eigenvalue weighted by Gasteiger charge is 2.46. The lowest BCUT2D eigenvalue weighted by molar-refractivity contribution is -0.190. The highest BCUT2D eigenvalue weighted by atomic mass is 35.5. The van der Waals surface area contributed by atoms with Crippen molar-refractivity contribution in [3.05, 3.63) is 52.9 Å². The van der Waals surface area contributed by atoms with Crippen LogP contribution in [0.15, 0.2) is 36.5 Å². The van der Waals surface area contributed by atoms with Crippen molar-refractivity contribution in [1.29, 1.82) is 0 Å². The molecular weight excluding hydrogens is 497 g/mol. The number of aryl methyl sites for hydroxylation is 1. The van der Waals surface area contributed by atoms with E-state index in [-0.39, 0.29) is 30.9 Å². The molecule has 2 aliphatic rings. The maximum absolute atomic E-state index is 14.1. The molecule has 190 valence electrons. The Hall–Kier alpha value is -3.34. The van der Waals surface area contributed by atoms with E-state index in [2.05, 4.69) is 15.4 Å². The molecular formula is C24H24ClF3N6O2. The third kappa shape index (κ3) is 4.47. The zero-order chi connectivity index (χ0) is 25.6. The SMILES string of the molecule is CN(C(=O)[C@H]1CCC(=O)NC1)[C@@H](c1ccc(N2CCCc3c2cnc2cc(Cl)nn32)cc1)C(F)(F)F. The molecule has 36 heavy (non-hydrogen) atoms. The van der Waals surface area contributed by atoms with E-state index in [1.54, 1.807) is 28.9 Å². The Kier molecular flexibility index (Phi) is 6.27. The molecule has 2 amide bonds. The molecule has 4 heterocycles. The van der Waals surface area contributed by atoms with Crippen molar-refractivity contribution in [2.75, 3.05) is 25.0 Å². The number of alkyl halides is 3. The normalized spacial score (nSPS) is 19.1. The number of hydrogen-bond donors (Lipinski definition) is 1. The summed E-state index contributed by atoms with van der Waals surface area (Å²) in [5.41, 5.74) is 3.06. The first kappa shape index (κ1) is 24.4. The van der Waals surface area contributed by atoms with Crippen molar-refractivity contribution in [2.45, 2.75) is 37.9 Å². The molecule has 2 aromatic heterocycles. The molecule has 0 radical (unpaired) electrons. The van der Waals surface area contributed by atoms with E-state index in [0.717, 1.165) is 36.2 Å². The average molecular weight is 521 g/mol. The average Bonchev–Trinajstić information content (AvgIpc) is 3.24. The van der Waals surface area contributed by atoms with E-state index < -0.39 is 24.0 Å². The topological polar surface area (TPSA) is 82.8 Å². The van der Waals surface area contributed by atoms with Gasteiger partial charge in [-0.05, 0) is 37.0 Å². The predicted octanol–water partition coefficient (Wildman–Crippen LogP) is 4.06. The number of carbonyl (C=O) groups excluding carboxylic acids is 2. The molecule has 12 heteroatoms. The van der Waals surface area contributed by atoms with Gasteiger partial charge in [0.05, 0.1) is 23.5 Å².